The minimum atomic E-state index is 0.859. The van der Waals surface area contributed by atoms with E-state index in [2.05, 4.69) is 53.2 Å². The van der Waals surface area contributed by atoms with Gasteiger partial charge in [-0.15, -0.1) is 0 Å². The highest BCUT2D eigenvalue weighted by atomic mass is 15.4. The third kappa shape index (κ3) is 3.61. The van der Waals surface area contributed by atoms with Crippen LogP contribution in [-0.2, 0) is 20.1 Å². The summed E-state index contributed by atoms with van der Waals surface area (Å²) in [6.07, 6.45) is 3.69. The summed E-state index contributed by atoms with van der Waals surface area (Å²) in [6.45, 7) is 10.0. The van der Waals surface area contributed by atoms with Crippen LogP contribution in [0.1, 0.15) is 30.7 Å². The number of nitrogens with zero attached hydrogens (tertiary/aromatic N) is 4. The quantitative estimate of drug-likeness (QED) is 0.848. The van der Waals surface area contributed by atoms with Crippen molar-refractivity contribution in [1.82, 2.24) is 20.1 Å². The number of aromatic nitrogens is 3. The van der Waals surface area contributed by atoms with Gasteiger partial charge in [-0.3, -0.25) is 9.67 Å². The molecule has 0 spiro atoms. The third-order valence-electron chi connectivity index (χ3n) is 3.67. The van der Waals surface area contributed by atoms with Gasteiger partial charge in [0, 0.05) is 44.6 Å². The van der Waals surface area contributed by atoms with Crippen molar-refractivity contribution in [2.24, 2.45) is 7.05 Å². The summed E-state index contributed by atoms with van der Waals surface area (Å²) in [5, 5.41) is 8.01. The van der Waals surface area contributed by atoms with Crippen LogP contribution in [0.3, 0.4) is 0 Å². The number of rotatable bonds is 7. The standard InChI is InChI=1S/C16H25N5/c1-5-17-11-15-13(3)19-20(4)16(15)21(6-2)12-14-7-9-18-10-8-14/h7-10,17H,5-6,11-12H2,1-4H3. The molecule has 114 valence electrons. The van der Waals surface area contributed by atoms with Crippen LogP contribution in [0.25, 0.3) is 0 Å². The Kier molecular flexibility index (Phi) is 5.33. The molecule has 2 aromatic heterocycles. The first-order valence-corrected chi connectivity index (χ1v) is 7.54. The molecule has 2 heterocycles. The van der Waals surface area contributed by atoms with Crippen LogP contribution in [0.4, 0.5) is 5.82 Å². The number of aryl methyl sites for hydroxylation is 2. The maximum atomic E-state index is 4.60. The Bertz CT molecular complexity index is 562. The summed E-state index contributed by atoms with van der Waals surface area (Å²) in [5.41, 5.74) is 3.65. The lowest BCUT2D eigenvalue weighted by Gasteiger charge is -2.24. The average molecular weight is 287 g/mol. The number of nitrogens with one attached hydrogen (secondary N) is 1. The molecule has 0 radical (unpaired) electrons. The Balaban J connectivity index is 2.28. The van der Waals surface area contributed by atoms with Crippen molar-refractivity contribution in [3.8, 4) is 0 Å². The molecule has 0 aliphatic carbocycles. The maximum absolute atomic E-state index is 4.60. The summed E-state index contributed by atoms with van der Waals surface area (Å²) in [7, 11) is 2.02. The van der Waals surface area contributed by atoms with Gasteiger partial charge in [-0.05, 0) is 38.1 Å². The van der Waals surface area contributed by atoms with Crippen molar-refractivity contribution in [2.75, 3.05) is 18.0 Å². The molecule has 0 bridgehead atoms. The molecule has 5 nitrogen and oxygen atoms in total. The lowest BCUT2D eigenvalue weighted by atomic mass is 10.2. The molecule has 0 aromatic carbocycles. The zero-order valence-electron chi connectivity index (χ0n) is 13.4. The van der Waals surface area contributed by atoms with Crippen LogP contribution in [-0.4, -0.2) is 27.9 Å². The SMILES string of the molecule is CCNCc1c(C)nn(C)c1N(CC)Cc1ccncc1. The molecule has 0 amide bonds. The lowest BCUT2D eigenvalue weighted by Crippen LogP contribution is -2.26. The van der Waals surface area contributed by atoms with Crippen LogP contribution in [0, 0.1) is 6.92 Å². The van der Waals surface area contributed by atoms with Crippen molar-refractivity contribution >= 4 is 5.82 Å². The van der Waals surface area contributed by atoms with Crippen LogP contribution in [0.15, 0.2) is 24.5 Å². The summed E-state index contributed by atoms with van der Waals surface area (Å²) in [5.74, 6) is 1.20. The molecule has 2 aromatic rings. The fourth-order valence-electron chi connectivity index (χ4n) is 2.59. The van der Waals surface area contributed by atoms with E-state index in [1.165, 1.54) is 16.9 Å². The predicted molar refractivity (Wildman–Crippen MR) is 86.3 cm³/mol. The van der Waals surface area contributed by atoms with Gasteiger partial charge >= 0.3 is 0 Å². The molecule has 1 N–H and O–H groups in total. The van der Waals surface area contributed by atoms with Crippen LogP contribution < -0.4 is 10.2 Å². The molecule has 21 heavy (non-hydrogen) atoms. The van der Waals surface area contributed by atoms with Gasteiger partial charge in [0.25, 0.3) is 0 Å². The highest BCUT2D eigenvalue weighted by molar-refractivity contribution is 5.50. The zero-order valence-corrected chi connectivity index (χ0v) is 13.4. The molecule has 5 heteroatoms. The van der Waals surface area contributed by atoms with Crippen molar-refractivity contribution < 1.29 is 0 Å². The molecule has 0 aliphatic heterocycles. The molecule has 0 atom stereocenters. The van der Waals surface area contributed by atoms with E-state index in [-0.39, 0.29) is 0 Å². The van der Waals surface area contributed by atoms with Crippen molar-refractivity contribution in [1.29, 1.82) is 0 Å². The molecular weight excluding hydrogens is 262 g/mol. The number of anilines is 1. The Morgan fingerprint density at radius 2 is 1.95 bits per heavy atom. The van der Waals surface area contributed by atoms with Gasteiger partial charge in [0.15, 0.2) is 0 Å². The highest BCUT2D eigenvalue weighted by Crippen LogP contribution is 2.24. The molecule has 2 rings (SSSR count). The fraction of sp³-hybridized carbons (Fsp3) is 0.500. The van der Waals surface area contributed by atoms with Gasteiger partial charge in [0.05, 0.1) is 5.69 Å². The molecule has 0 saturated heterocycles. The average Bonchev–Trinajstić information content (AvgIpc) is 2.77. The first-order valence-electron chi connectivity index (χ1n) is 7.54. The second kappa shape index (κ2) is 7.22. The van der Waals surface area contributed by atoms with Crippen LogP contribution in [0.5, 0.6) is 0 Å². The molecular formula is C16H25N5. The second-order valence-electron chi connectivity index (χ2n) is 5.16. The van der Waals surface area contributed by atoms with Crippen molar-refractivity contribution in [3.05, 3.63) is 41.3 Å². The van der Waals surface area contributed by atoms with Gasteiger partial charge in [0.1, 0.15) is 5.82 Å². The summed E-state index contributed by atoms with van der Waals surface area (Å²) in [6, 6.07) is 4.13. The largest absolute Gasteiger partial charge is 0.353 e. The Labute approximate surface area is 127 Å². The van der Waals surface area contributed by atoms with Gasteiger partial charge in [-0.2, -0.15) is 5.10 Å². The summed E-state index contributed by atoms with van der Waals surface area (Å²) >= 11 is 0. The van der Waals surface area contributed by atoms with Crippen molar-refractivity contribution in [2.45, 2.75) is 33.9 Å². The van der Waals surface area contributed by atoms with E-state index in [4.69, 9.17) is 0 Å². The number of pyridine rings is 1. The Morgan fingerprint density at radius 1 is 1.24 bits per heavy atom. The normalized spacial score (nSPS) is 10.9. The maximum Gasteiger partial charge on any atom is 0.131 e. The van der Waals surface area contributed by atoms with Crippen LogP contribution in [0.2, 0.25) is 0 Å². The minimum absolute atomic E-state index is 0.859. The predicted octanol–water partition coefficient (Wildman–Crippen LogP) is 2.26. The first-order chi connectivity index (χ1) is 10.2. The van der Waals surface area contributed by atoms with Crippen molar-refractivity contribution in [3.63, 3.8) is 0 Å². The summed E-state index contributed by atoms with van der Waals surface area (Å²) in [4.78, 5) is 6.45. The molecule has 0 aliphatic rings. The molecule has 0 unspecified atom stereocenters. The zero-order chi connectivity index (χ0) is 15.2. The van der Waals surface area contributed by atoms with Gasteiger partial charge < -0.3 is 10.2 Å². The Hall–Kier alpha value is -1.88. The second-order valence-corrected chi connectivity index (χ2v) is 5.16. The van der Waals surface area contributed by atoms with E-state index >= 15 is 0 Å². The minimum Gasteiger partial charge on any atom is -0.353 e. The van der Waals surface area contributed by atoms with Gasteiger partial charge in [-0.25, -0.2) is 0 Å². The van der Waals surface area contributed by atoms with E-state index in [9.17, 15) is 0 Å². The van der Waals surface area contributed by atoms with E-state index in [0.717, 1.165) is 31.9 Å². The van der Waals surface area contributed by atoms with E-state index in [1.807, 2.05) is 24.1 Å². The Morgan fingerprint density at radius 3 is 2.57 bits per heavy atom. The van der Waals surface area contributed by atoms with E-state index in [1.54, 1.807) is 0 Å². The fourth-order valence-corrected chi connectivity index (χ4v) is 2.59. The smallest absolute Gasteiger partial charge is 0.131 e. The van der Waals surface area contributed by atoms with Crippen LogP contribution >= 0.6 is 0 Å². The number of hydrogen-bond donors (Lipinski definition) is 1. The lowest BCUT2D eigenvalue weighted by molar-refractivity contribution is 0.692. The summed E-state index contributed by atoms with van der Waals surface area (Å²) < 4.78 is 1.99. The number of hydrogen-bond acceptors (Lipinski definition) is 4. The van der Waals surface area contributed by atoms with Gasteiger partial charge in [0.2, 0.25) is 0 Å². The third-order valence-corrected chi connectivity index (χ3v) is 3.67. The molecule has 0 fully saturated rings. The monoisotopic (exact) mass is 287 g/mol. The van der Waals surface area contributed by atoms with E-state index in [0.29, 0.717) is 0 Å². The van der Waals surface area contributed by atoms with E-state index < -0.39 is 0 Å². The first kappa shape index (κ1) is 15.5. The topological polar surface area (TPSA) is 46.0 Å². The highest BCUT2D eigenvalue weighted by Gasteiger charge is 2.18. The molecule has 0 saturated carbocycles. The van der Waals surface area contributed by atoms with Gasteiger partial charge in [-0.1, -0.05) is 6.92 Å².